The monoisotopic (exact) mass is 128 g/mol. The fourth-order valence-electron chi connectivity index (χ4n) is 0.311. The first-order valence-electron chi connectivity index (χ1n) is 1.96. The molecule has 0 amide bonds. The molecule has 0 saturated heterocycles. The van der Waals surface area contributed by atoms with Crippen LogP contribution < -0.4 is 4.84 Å². The second-order valence-electron chi connectivity index (χ2n) is 1.02. The molecule has 0 unspecified atom stereocenters. The predicted octanol–water partition coefficient (Wildman–Crippen LogP) is 1.14. The van der Waals surface area contributed by atoms with Crippen LogP contribution in [0.3, 0.4) is 0 Å². The summed E-state index contributed by atoms with van der Waals surface area (Å²) < 4.78 is 0. The Hall–Kier alpha value is -0.900. The molecule has 0 N–H and O–H groups in total. The summed E-state index contributed by atoms with van der Waals surface area (Å²) in [5.41, 5.74) is 0. The summed E-state index contributed by atoms with van der Waals surface area (Å²) in [6.45, 7) is 3.13. The Kier molecular flexibility index (Phi) is 1.58. The van der Waals surface area contributed by atoms with Crippen molar-refractivity contribution in [3.05, 3.63) is 11.6 Å². The summed E-state index contributed by atoms with van der Waals surface area (Å²) in [4.78, 5) is 8.34. The van der Waals surface area contributed by atoms with E-state index in [1.807, 2.05) is 0 Å². The summed E-state index contributed by atoms with van der Waals surface area (Å²) in [7, 11) is 0. The SMILES string of the molecule is C=NOc1nccs1. The van der Waals surface area contributed by atoms with Crippen molar-refractivity contribution in [1.29, 1.82) is 0 Å². The lowest BCUT2D eigenvalue weighted by atomic mass is 11.0. The van der Waals surface area contributed by atoms with Gasteiger partial charge < -0.3 is 4.84 Å². The molecule has 42 valence electrons. The van der Waals surface area contributed by atoms with E-state index in [1.54, 1.807) is 11.6 Å². The Morgan fingerprint density at radius 3 is 3.25 bits per heavy atom. The van der Waals surface area contributed by atoms with Crippen molar-refractivity contribution in [2.75, 3.05) is 0 Å². The third-order valence-electron chi connectivity index (χ3n) is 0.552. The van der Waals surface area contributed by atoms with Crippen molar-refractivity contribution < 1.29 is 4.84 Å². The number of oxime groups is 1. The summed E-state index contributed by atoms with van der Waals surface area (Å²) in [6, 6.07) is 0. The lowest BCUT2D eigenvalue weighted by Crippen LogP contribution is -1.76. The molecule has 0 fully saturated rings. The summed E-state index contributed by atoms with van der Waals surface area (Å²) >= 11 is 1.38. The Balaban J connectivity index is 2.62. The standard InChI is InChI=1S/C4H4N2OS/c1-5-7-4-6-2-3-8-4/h2-3H,1H2. The quantitative estimate of drug-likeness (QED) is 0.442. The van der Waals surface area contributed by atoms with E-state index in [9.17, 15) is 0 Å². The Morgan fingerprint density at radius 2 is 2.75 bits per heavy atom. The van der Waals surface area contributed by atoms with Crippen LogP contribution in [0, 0.1) is 0 Å². The highest BCUT2D eigenvalue weighted by molar-refractivity contribution is 7.11. The van der Waals surface area contributed by atoms with Gasteiger partial charge in [-0.25, -0.2) is 4.98 Å². The Labute approximate surface area is 50.6 Å². The molecule has 0 aliphatic rings. The highest BCUT2D eigenvalue weighted by Gasteiger charge is 1.89. The Morgan fingerprint density at radius 1 is 1.88 bits per heavy atom. The number of thiazole rings is 1. The van der Waals surface area contributed by atoms with Crippen molar-refractivity contribution in [1.82, 2.24) is 4.98 Å². The van der Waals surface area contributed by atoms with E-state index < -0.39 is 0 Å². The molecule has 0 atom stereocenters. The number of rotatable bonds is 2. The van der Waals surface area contributed by atoms with Gasteiger partial charge in [0.1, 0.15) is 0 Å². The Bertz CT molecular complexity index is 161. The predicted molar refractivity (Wildman–Crippen MR) is 32.3 cm³/mol. The zero-order chi connectivity index (χ0) is 5.82. The van der Waals surface area contributed by atoms with Gasteiger partial charge in [0.25, 0.3) is 0 Å². The number of hydrogen-bond donors (Lipinski definition) is 0. The first-order valence-corrected chi connectivity index (χ1v) is 2.84. The molecule has 0 radical (unpaired) electrons. The van der Waals surface area contributed by atoms with E-state index in [0.717, 1.165) is 0 Å². The molecule has 4 heteroatoms. The first kappa shape index (κ1) is 5.24. The minimum absolute atomic E-state index is 0.528. The van der Waals surface area contributed by atoms with E-state index in [1.165, 1.54) is 11.3 Å². The van der Waals surface area contributed by atoms with Crippen molar-refractivity contribution in [2.24, 2.45) is 5.16 Å². The van der Waals surface area contributed by atoms with Crippen LogP contribution in [-0.2, 0) is 0 Å². The molecule has 0 bridgehead atoms. The smallest absolute Gasteiger partial charge is 0.305 e. The van der Waals surface area contributed by atoms with Crippen molar-refractivity contribution in [3.8, 4) is 5.19 Å². The number of aromatic nitrogens is 1. The molecule has 1 aromatic rings. The van der Waals surface area contributed by atoms with Gasteiger partial charge in [0.2, 0.25) is 0 Å². The van der Waals surface area contributed by atoms with E-state index in [-0.39, 0.29) is 0 Å². The van der Waals surface area contributed by atoms with Crippen molar-refractivity contribution in [2.45, 2.75) is 0 Å². The summed E-state index contributed by atoms with van der Waals surface area (Å²) in [5.74, 6) is 0. The lowest BCUT2D eigenvalue weighted by Gasteiger charge is -1.83. The van der Waals surface area contributed by atoms with E-state index in [2.05, 4.69) is 21.7 Å². The molecular weight excluding hydrogens is 124 g/mol. The molecular formula is C4H4N2OS. The highest BCUT2D eigenvalue weighted by Crippen LogP contribution is 2.12. The molecule has 0 spiro atoms. The second-order valence-corrected chi connectivity index (χ2v) is 1.88. The molecule has 0 aliphatic heterocycles. The van der Waals surface area contributed by atoms with Gasteiger partial charge >= 0.3 is 5.19 Å². The summed E-state index contributed by atoms with van der Waals surface area (Å²) in [5, 5.41) is 5.51. The third kappa shape index (κ3) is 1.04. The largest absolute Gasteiger partial charge is 0.326 e. The van der Waals surface area contributed by atoms with E-state index in [0.29, 0.717) is 5.19 Å². The fraction of sp³-hybridized carbons (Fsp3) is 0. The van der Waals surface area contributed by atoms with Crippen molar-refractivity contribution in [3.63, 3.8) is 0 Å². The van der Waals surface area contributed by atoms with Crippen molar-refractivity contribution >= 4 is 18.1 Å². The number of nitrogens with zero attached hydrogens (tertiary/aromatic N) is 2. The van der Waals surface area contributed by atoms with Gasteiger partial charge in [-0.1, -0.05) is 16.5 Å². The van der Waals surface area contributed by atoms with Crippen LogP contribution in [0.25, 0.3) is 0 Å². The molecule has 0 saturated carbocycles. The van der Waals surface area contributed by atoms with Crippen LogP contribution in [0.2, 0.25) is 0 Å². The molecule has 0 aliphatic carbocycles. The van der Waals surface area contributed by atoms with Gasteiger partial charge in [-0.2, -0.15) is 0 Å². The van der Waals surface area contributed by atoms with Gasteiger partial charge in [-0.3, -0.25) is 0 Å². The first-order chi connectivity index (χ1) is 3.93. The molecule has 0 aromatic carbocycles. The maximum absolute atomic E-state index is 4.57. The van der Waals surface area contributed by atoms with Gasteiger partial charge in [0, 0.05) is 18.3 Å². The molecule has 1 heterocycles. The van der Waals surface area contributed by atoms with Gasteiger partial charge in [0.15, 0.2) is 0 Å². The maximum Gasteiger partial charge on any atom is 0.305 e. The second kappa shape index (κ2) is 2.42. The maximum atomic E-state index is 4.57. The summed E-state index contributed by atoms with van der Waals surface area (Å²) in [6.07, 6.45) is 1.64. The molecule has 8 heavy (non-hydrogen) atoms. The fourth-order valence-corrected chi connectivity index (χ4v) is 0.766. The zero-order valence-corrected chi connectivity index (χ0v) is 4.89. The van der Waals surface area contributed by atoms with Crippen LogP contribution >= 0.6 is 11.3 Å². The normalized spacial score (nSPS) is 8.50. The molecule has 1 rings (SSSR count). The molecule has 3 nitrogen and oxygen atoms in total. The minimum Gasteiger partial charge on any atom is -0.326 e. The average molecular weight is 128 g/mol. The van der Waals surface area contributed by atoms with E-state index in [4.69, 9.17) is 0 Å². The van der Waals surface area contributed by atoms with Crippen LogP contribution in [0.5, 0.6) is 5.19 Å². The topological polar surface area (TPSA) is 34.5 Å². The molecule has 1 aromatic heterocycles. The highest BCUT2D eigenvalue weighted by atomic mass is 32.1. The van der Waals surface area contributed by atoms with Gasteiger partial charge in [-0.05, 0) is 0 Å². The van der Waals surface area contributed by atoms with Crippen LogP contribution in [0.15, 0.2) is 16.7 Å². The third-order valence-corrected chi connectivity index (χ3v) is 1.19. The van der Waals surface area contributed by atoms with Gasteiger partial charge in [-0.15, -0.1) is 0 Å². The number of hydrogen-bond acceptors (Lipinski definition) is 4. The zero-order valence-electron chi connectivity index (χ0n) is 4.07. The average Bonchev–Trinajstić information content (AvgIpc) is 2.19. The van der Waals surface area contributed by atoms with Crippen LogP contribution in [-0.4, -0.2) is 11.7 Å². The van der Waals surface area contributed by atoms with Crippen LogP contribution in [0.1, 0.15) is 0 Å². The lowest BCUT2D eigenvalue weighted by molar-refractivity contribution is 0.343. The minimum atomic E-state index is 0.528. The van der Waals surface area contributed by atoms with E-state index >= 15 is 0 Å². The van der Waals surface area contributed by atoms with Gasteiger partial charge in [0.05, 0.1) is 0 Å². The van der Waals surface area contributed by atoms with Crippen LogP contribution in [0.4, 0.5) is 0 Å².